The van der Waals surface area contributed by atoms with Crippen molar-refractivity contribution < 1.29 is 13.2 Å². The van der Waals surface area contributed by atoms with Gasteiger partial charge in [0, 0.05) is 24.6 Å². The van der Waals surface area contributed by atoms with Crippen molar-refractivity contribution in [3.05, 3.63) is 77.4 Å². The van der Waals surface area contributed by atoms with Crippen LogP contribution in [0.4, 0.5) is 5.69 Å². The smallest absolute Gasteiger partial charge is 0.243 e. The summed E-state index contributed by atoms with van der Waals surface area (Å²) in [6.07, 6.45) is 4.75. The molecule has 0 aliphatic rings. The van der Waals surface area contributed by atoms with Gasteiger partial charge in [-0.3, -0.25) is 9.10 Å². The Bertz CT molecular complexity index is 1160. The van der Waals surface area contributed by atoms with Gasteiger partial charge in [0.2, 0.25) is 15.9 Å². The minimum Gasteiger partial charge on any atom is -0.350 e. The molecule has 2 aromatic carbocycles. The predicted octanol–water partition coefficient (Wildman–Crippen LogP) is 3.27. The van der Waals surface area contributed by atoms with Gasteiger partial charge in [-0.25, -0.2) is 13.4 Å². The summed E-state index contributed by atoms with van der Waals surface area (Å²) in [5.74, 6) is 0.529. The van der Waals surface area contributed by atoms with Crippen molar-refractivity contribution in [1.29, 1.82) is 0 Å². The van der Waals surface area contributed by atoms with Crippen molar-refractivity contribution in [3.8, 4) is 5.69 Å². The number of carbonyl (C=O) groups excluding carboxylic acids is 1. The molecule has 0 aliphatic heterocycles. The number of hydrogen-bond acceptors (Lipinski definition) is 4. The second kappa shape index (κ2) is 8.93. The van der Waals surface area contributed by atoms with Crippen LogP contribution in [0.15, 0.2) is 54.9 Å². The van der Waals surface area contributed by atoms with Crippen LogP contribution in [-0.2, 0) is 21.4 Å². The highest BCUT2D eigenvalue weighted by Crippen LogP contribution is 2.24. The monoisotopic (exact) mass is 440 g/mol. The lowest BCUT2D eigenvalue weighted by molar-refractivity contribution is -0.122. The maximum Gasteiger partial charge on any atom is 0.243 e. The van der Waals surface area contributed by atoms with Crippen LogP contribution in [0.1, 0.15) is 29.4 Å². The third-order valence-electron chi connectivity index (χ3n) is 5.06. The maximum absolute atomic E-state index is 12.8. The van der Waals surface area contributed by atoms with Crippen LogP contribution >= 0.6 is 0 Å². The summed E-state index contributed by atoms with van der Waals surface area (Å²) in [6, 6.07) is 12.4. The molecular weight excluding hydrogens is 412 g/mol. The number of sulfonamides is 1. The predicted molar refractivity (Wildman–Crippen MR) is 123 cm³/mol. The Morgan fingerprint density at radius 1 is 1.10 bits per heavy atom. The molecule has 0 radical (unpaired) electrons. The van der Waals surface area contributed by atoms with Gasteiger partial charge >= 0.3 is 0 Å². The molecule has 0 spiro atoms. The number of aryl methyl sites for hydroxylation is 3. The second-order valence-corrected chi connectivity index (χ2v) is 9.67. The van der Waals surface area contributed by atoms with Crippen LogP contribution in [-0.4, -0.2) is 36.2 Å². The van der Waals surface area contributed by atoms with Gasteiger partial charge in [-0.05, 0) is 68.7 Å². The quantitative estimate of drug-likeness (QED) is 0.611. The highest BCUT2D eigenvalue weighted by Gasteiger charge is 2.29. The van der Waals surface area contributed by atoms with Gasteiger partial charge in [0.05, 0.1) is 11.9 Å². The van der Waals surface area contributed by atoms with Gasteiger partial charge in [0.15, 0.2) is 0 Å². The lowest BCUT2D eigenvalue weighted by Gasteiger charge is -2.28. The molecule has 1 aromatic heterocycles. The van der Waals surface area contributed by atoms with E-state index in [0.717, 1.165) is 34.5 Å². The Kier molecular flexibility index (Phi) is 6.50. The Morgan fingerprint density at radius 2 is 1.71 bits per heavy atom. The number of nitrogens with one attached hydrogen (secondary N) is 1. The molecule has 1 unspecified atom stereocenters. The number of imidazole rings is 1. The third-order valence-corrected chi connectivity index (χ3v) is 6.30. The lowest BCUT2D eigenvalue weighted by atomic mass is 10.1. The molecule has 0 saturated carbocycles. The van der Waals surface area contributed by atoms with Crippen LogP contribution in [0.25, 0.3) is 5.69 Å². The first-order valence-corrected chi connectivity index (χ1v) is 11.9. The van der Waals surface area contributed by atoms with Gasteiger partial charge in [0.25, 0.3) is 0 Å². The Hall–Kier alpha value is -3.13. The molecule has 8 heteroatoms. The zero-order valence-corrected chi connectivity index (χ0v) is 19.3. The topological polar surface area (TPSA) is 84.3 Å². The van der Waals surface area contributed by atoms with Gasteiger partial charge in [-0.2, -0.15) is 0 Å². The van der Waals surface area contributed by atoms with Crippen LogP contribution in [0.2, 0.25) is 0 Å². The first kappa shape index (κ1) is 22.6. The second-order valence-electron chi connectivity index (χ2n) is 7.81. The van der Waals surface area contributed by atoms with E-state index < -0.39 is 16.1 Å². The molecule has 0 aliphatic carbocycles. The minimum atomic E-state index is -3.65. The summed E-state index contributed by atoms with van der Waals surface area (Å²) in [6.45, 7) is 7.63. The lowest BCUT2D eigenvalue weighted by Crippen LogP contribution is -2.47. The molecule has 164 valence electrons. The third kappa shape index (κ3) is 5.32. The highest BCUT2D eigenvalue weighted by atomic mass is 32.2. The van der Waals surface area contributed by atoms with E-state index in [1.807, 2.05) is 61.9 Å². The molecule has 0 bridgehead atoms. The van der Waals surface area contributed by atoms with E-state index in [1.54, 1.807) is 25.3 Å². The van der Waals surface area contributed by atoms with Gasteiger partial charge in [0.1, 0.15) is 11.9 Å². The van der Waals surface area contributed by atoms with Crippen molar-refractivity contribution in [2.45, 2.75) is 40.3 Å². The molecule has 1 N–H and O–H groups in total. The molecule has 31 heavy (non-hydrogen) atoms. The summed E-state index contributed by atoms with van der Waals surface area (Å²) in [5.41, 5.74) is 4.26. The maximum atomic E-state index is 12.8. The molecule has 1 heterocycles. The van der Waals surface area contributed by atoms with Gasteiger partial charge in [-0.1, -0.05) is 18.2 Å². The number of anilines is 1. The summed E-state index contributed by atoms with van der Waals surface area (Å²) in [5, 5.41) is 2.85. The van der Waals surface area contributed by atoms with Crippen LogP contribution < -0.4 is 9.62 Å². The number of benzene rings is 2. The fraction of sp³-hybridized carbons (Fsp3) is 0.304. The zero-order valence-electron chi connectivity index (χ0n) is 18.5. The van der Waals surface area contributed by atoms with Crippen molar-refractivity contribution >= 4 is 21.6 Å². The summed E-state index contributed by atoms with van der Waals surface area (Å²) in [4.78, 5) is 17.0. The Morgan fingerprint density at radius 3 is 2.23 bits per heavy atom. The van der Waals surface area contributed by atoms with Crippen LogP contribution in [0.3, 0.4) is 0 Å². The van der Waals surface area contributed by atoms with Crippen molar-refractivity contribution in [1.82, 2.24) is 14.9 Å². The van der Waals surface area contributed by atoms with Crippen LogP contribution in [0.5, 0.6) is 0 Å². The number of nitrogens with zero attached hydrogens (tertiary/aromatic N) is 3. The summed E-state index contributed by atoms with van der Waals surface area (Å²) >= 11 is 0. The molecule has 0 fully saturated rings. The molecule has 1 atom stereocenters. The number of amides is 1. The summed E-state index contributed by atoms with van der Waals surface area (Å²) < 4.78 is 28.1. The van der Waals surface area contributed by atoms with Crippen molar-refractivity contribution in [3.63, 3.8) is 0 Å². The van der Waals surface area contributed by atoms with E-state index in [2.05, 4.69) is 10.3 Å². The fourth-order valence-electron chi connectivity index (χ4n) is 3.65. The molecule has 7 nitrogen and oxygen atoms in total. The van der Waals surface area contributed by atoms with Crippen LogP contribution in [0, 0.1) is 20.8 Å². The molecule has 3 aromatic rings. The normalized spacial score (nSPS) is 12.4. The standard InChI is InChI=1S/C23H28N4O3S/c1-16-12-17(2)14-22(13-16)27(31(5,29)30)18(3)23(28)25-15-20-6-8-21(9-7-20)26-11-10-24-19(26)4/h6-14,18H,15H2,1-5H3,(H,25,28). The highest BCUT2D eigenvalue weighted by molar-refractivity contribution is 7.92. The Labute approximate surface area is 183 Å². The SMILES string of the molecule is Cc1cc(C)cc(N(C(C)C(=O)NCc2ccc(-n3ccnc3C)cc2)S(C)(=O)=O)c1. The van der Waals surface area contributed by atoms with E-state index in [4.69, 9.17) is 0 Å². The van der Waals surface area contributed by atoms with Crippen molar-refractivity contribution in [2.24, 2.45) is 0 Å². The van der Waals surface area contributed by atoms with Gasteiger partial charge < -0.3 is 9.88 Å². The Balaban J connectivity index is 1.73. The number of hydrogen-bond donors (Lipinski definition) is 1. The molecular formula is C23H28N4O3S. The summed E-state index contributed by atoms with van der Waals surface area (Å²) in [7, 11) is -3.65. The number of carbonyl (C=O) groups is 1. The molecule has 0 saturated heterocycles. The fourth-order valence-corrected chi connectivity index (χ4v) is 4.81. The zero-order chi connectivity index (χ0) is 22.8. The molecule has 3 rings (SSSR count). The average molecular weight is 441 g/mol. The van der Waals surface area contributed by atoms with E-state index in [1.165, 1.54) is 4.31 Å². The average Bonchev–Trinajstić information content (AvgIpc) is 3.10. The van der Waals surface area contributed by atoms with E-state index in [-0.39, 0.29) is 5.91 Å². The molecule has 1 amide bonds. The largest absolute Gasteiger partial charge is 0.350 e. The van der Waals surface area contributed by atoms with Gasteiger partial charge in [-0.15, -0.1) is 0 Å². The minimum absolute atomic E-state index is 0.302. The van der Waals surface area contributed by atoms with E-state index in [9.17, 15) is 13.2 Å². The number of aromatic nitrogens is 2. The first-order valence-electron chi connectivity index (χ1n) is 10.0. The number of rotatable bonds is 7. The van der Waals surface area contributed by atoms with E-state index in [0.29, 0.717) is 12.2 Å². The van der Waals surface area contributed by atoms with Crippen molar-refractivity contribution in [2.75, 3.05) is 10.6 Å². The van der Waals surface area contributed by atoms with E-state index >= 15 is 0 Å². The first-order chi connectivity index (χ1) is 14.6.